The lowest BCUT2D eigenvalue weighted by atomic mass is 9.80. The number of benzene rings is 13. The Morgan fingerprint density at radius 3 is 0.844 bits per heavy atom. The molecule has 1 atom stereocenters. The highest BCUT2D eigenvalue weighted by Gasteiger charge is 2.42. The number of aromatic nitrogens is 2. The van der Waals surface area contributed by atoms with Crippen molar-refractivity contribution < 1.29 is 0 Å². The Morgan fingerprint density at radius 1 is 0.278 bits per heavy atom. The fourth-order valence-corrected chi connectivity index (χ4v) is 22.8. The van der Waals surface area contributed by atoms with Gasteiger partial charge in [-0.2, -0.15) is 14.0 Å². The van der Waals surface area contributed by atoms with E-state index >= 15 is 0 Å². The first-order chi connectivity index (χ1) is 44.2. The van der Waals surface area contributed by atoms with Gasteiger partial charge in [-0.1, -0.05) is 208 Å². The summed E-state index contributed by atoms with van der Waals surface area (Å²) in [5, 5.41) is 11.3. The molecule has 0 N–H and O–H groups in total. The summed E-state index contributed by atoms with van der Waals surface area (Å²) in [4.78, 5) is 10.4. The first-order valence-electron chi connectivity index (χ1n) is 30.6. The van der Waals surface area contributed by atoms with Crippen LogP contribution in [0.2, 0.25) is 0 Å². The van der Waals surface area contributed by atoms with Crippen molar-refractivity contribution in [2.75, 3.05) is 0 Å². The third kappa shape index (κ3) is 8.56. The van der Waals surface area contributed by atoms with Crippen LogP contribution in [0.3, 0.4) is 0 Å². The van der Waals surface area contributed by atoms with Crippen molar-refractivity contribution in [3.8, 4) is 72.8 Å². The first-order valence-corrected chi connectivity index (χ1v) is 34.6. The number of hydrogen-bond donors (Lipinski definition) is 0. The van der Waals surface area contributed by atoms with Crippen LogP contribution in [0.4, 0.5) is 0 Å². The molecule has 2 aliphatic rings. The van der Waals surface area contributed by atoms with Crippen LogP contribution < -0.4 is 0 Å². The molecule has 0 saturated carbocycles. The predicted octanol–water partition coefficient (Wildman–Crippen LogP) is 23.2. The van der Waals surface area contributed by atoms with E-state index in [0.717, 1.165) is 66.7 Å². The summed E-state index contributed by atoms with van der Waals surface area (Å²) in [5.74, 6) is 0. The van der Waals surface area contributed by atoms with Crippen LogP contribution in [0.1, 0.15) is 43.0 Å². The zero-order valence-electron chi connectivity index (χ0n) is 50.1. The summed E-state index contributed by atoms with van der Waals surface area (Å²) in [6.07, 6.45) is 0. The lowest BCUT2D eigenvalue weighted by Gasteiger charge is -2.42. The fraction of sp³-hybridized carbons (Fsp3) is 0.0595. The van der Waals surface area contributed by atoms with Crippen LogP contribution in [0.5, 0.6) is 0 Å². The molecule has 0 spiro atoms. The summed E-state index contributed by atoms with van der Waals surface area (Å²) in [6, 6.07) is 119. The second kappa shape index (κ2) is 21.9. The molecule has 6 heteroatoms. The van der Waals surface area contributed by atoms with Gasteiger partial charge in [-0.25, -0.2) is 0 Å². The highest BCUT2D eigenvalue weighted by molar-refractivity contribution is 8.34. The minimum Gasteiger partial charge on any atom is -0.197 e. The molecule has 1 heterocycles. The third-order valence-electron chi connectivity index (χ3n) is 19.0. The summed E-state index contributed by atoms with van der Waals surface area (Å²) in [7, 11) is -3.62. The van der Waals surface area contributed by atoms with Gasteiger partial charge in [0.05, 0.1) is 17.8 Å². The van der Waals surface area contributed by atoms with Gasteiger partial charge in [-0.05, 0) is 206 Å². The maximum atomic E-state index is 11.3. The molecule has 16 rings (SSSR count). The van der Waals surface area contributed by atoms with E-state index in [1.54, 1.807) is 0 Å². The van der Waals surface area contributed by atoms with Gasteiger partial charge in [-0.15, -0.1) is 20.1 Å². The molecule has 1 unspecified atom stereocenters. The second-order valence-electron chi connectivity index (χ2n) is 24.2. The van der Waals surface area contributed by atoms with E-state index in [9.17, 15) is 5.26 Å². The third-order valence-corrected chi connectivity index (χ3v) is 27.4. The maximum Gasteiger partial charge on any atom is 0.113 e. The average Bonchev–Trinajstić information content (AvgIpc) is 1.63. The van der Waals surface area contributed by atoms with E-state index in [2.05, 4.69) is 342 Å². The minimum atomic E-state index is -1.83. The normalized spacial score (nSPS) is 14.9. The van der Waals surface area contributed by atoms with Crippen molar-refractivity contribution in [1.29, 1.82) is 5.26 Å². The SMILES string of the molecule is CC1(C)c2cc(-c3ccc(S(c4ccccc4)(c4ccccc4)c4ccccc4)cc3)ccc2-c2ccc(-c3ccc(-c4ccc5c(c4)C(C)(C#N)c4cc(-c6ccc(S(c7ccccc7)(c7ccccc7)c7ccccc7)cc6)ccc4-5)c4nsnc34)cc21. The van der Waals surface area contributed by atoms with E-state index in [1.807, 2.05) is 0 Å². The molecule has 13 aromatic carbocycles. The average molecular weight is 1210 g/mol. The number of fused-ring (bicyclic) bond motifs is 7. The van der Waals surface area contributed by atoms with Crippen LogP contribution >= 0.6 is 31.8 Å². The van der Waals surface area contributed by atoms with Crippen LogP contribution in [-0.2, 0) is 10.8 Å². The first kappa shape index (κ1) is 55.2. The fourth-order valence-electron chi connectivity index (χ4n) is 14.5. The summed E-state index contributed by atoms with van der Waals surface area (Å²) in [5.41, 5.74) is 18.8. The molecule has 0 radical (unpaired) electrons. The van der Waals surface area contributed by atoms with E-state index in [-0.39, 0.29) is 5.41 Å². The highest BCUT2D eigenvalue weighted by atomic mass is 32.3. The van der Waals surface area contributed by atoms with Crippen molar-refractivity contribution in [2.45, 2.75) is 70.8 Å². The largest absolute Gasteiger partial charge is 0.197 e. The van der Waals surface area contributed by atoms with Gasteiger partial charge < -0.3 is 0 Å². The van der Waals surface area contributed by atoms with Crippen molar-refractivity contribution in [1.82, 2.24) is 8.75 Å². The number of nitrogens with zero attached hydrogens (tertiary/aromatic N) is 3. The molecule has 0 aliphatic heterocycles. The standard InChI is InChI=1S/C84H61N3S3/c1-83(2)77-52-59(57-34-42-69(43-35-57)89(63-22-10-4-11-23-63,64-24-12-5-13-25-64)65-26-14-6-15-27-65)38-46-73(77)74-48-40-61(54-78(74)83)71-50-51-72(82-81(71)86-88-87-82)62-41-49-76-75-47-39-60(53-79(75)84(3,56-85)80(76)55-62)58-36-44-70(45-37-58)90(66-28-16-7-17-29-66,67-30-18-8-19-31-67)68-32-20-9-21-33-68/h4-55H,1-3H3. The van der Waals surface area contributed by atoms with Gasteiger partial charge in [0.1, 0.15) is 16.4 Å². The topological polar surface area (TPSA) is 49.6 Å². The Kier molecular flexibility index (Phi) is 13.4. The molecule has 1 aromatic heterocycles. The Bertz CT molecular complexity index is 4890. The van der Waals surface area contributed by atoms with Gasteiger partial charge in [0.2, 0.25) is 0 Å². The van der Waals surface area contributed by atoms with Gasteiger partial charge in [0, 0.05) is 55.7 Å². The van der Waals surface area contributed by atoms with E-state index in [4.69, 9.17) is 8.75 Å². The van der Waals surface area contributed by atoms with Crippen LogP contribution in [0.15, 0.2) is 355 Å². The van der Waals surface area contributed by atoms with Gasteiger partial charge in [0.25, 0.3) is 0 Å². The zero-order chi connectivity index (χ0) is 60.6. The minimum absolute atomic E-state index is 0.258. The monoisotopic (exact) mass is 1210 g/mol. The Morgan fingerprint density at radius 2 is 0.522 bits per heavy atom. The van der Waals surface area contributed by atoms with Crippen LogP contribution in [-0.4, -0.2) is 8.75 Å². The van der Waals surface area contributed by atoms with E-state index in [0.29, 0.717) is 0 Å². The number of rotatable bonds is 12. The lowest BCUT2D eigenvalue weighted by molar-refractivity contribution is 0.661. The predicted molar refractivity (Wildman–Crippen MR) is 374 cm³/mol. The maximum absolute atomic E-state index is 11.3. The molecule has 0 saturated heterocycles. The second-order valence-corrected chi connectivity index (χ2v) is 30.9. The summed E-state index contributed by atoms with van der Waals surface area (Å²) < 4.78 is 10.00. The van der Waals surface area contributed by atoms with Crippen LogP contribution in [0, 0.1) is 11.3 Å². The molecular weight excluding hydrogens is 1150 g/mol. The van der Waals surface area contributed by atoms with Crippen molar-refractivity contribution in [2.24, 2.45) is 0 Å². The van der Waals surface area contributed by atoms with Gasteiger partial charge >= 0.3 is 0 Å². The van der Waals surface area contributed by atoms with Crippen molar-refractivity contribution in [3.05, 3.63) is 338 Å². The molecule has 0 fully saturated rings. The molecule has 2 aliphatic carbocycles. The lowest BCUT2D eigenvalue weighted by Crippen LogP contribution is -2.17. The molecule has 14 aromatic rings. The smallest absolute Gasteiger partial charge is 0.113 e. The van der Waals surface area contributed by atoms with Crippen molar-refractivity contribution in [3.63, 3.8) is 0 Å². The summed E-state index contributed by atoms with van der Waals surface area (Å²) in [6.45, 7) is 6.81. The van der Waals surface area contributed by atoms with E-state index in [1.165, 1.54) is 84.3 Å². The highest BCUT2D eigenvalue weighted by Crippen LogP contribution is 2.75. The van der Waals surface area contributed by atoms with Gasteiger partial charge in [-0.3, -0.25) is 0 Å². The summed E-state index contributed by atoms with van der Waals surface area (Å²) >= 11 is 1.25. The molecular formula is C84H61N3S3. The van der Waals surface area contributed by atoms with Crippen LogP contribution in [0.25, 0.3) is 77.8 Å². The molecule has 0 amide bonds. The molecule has 430 valence electrons. The zero-order valence-corrected chi connectivity index (χ0v) is 52.5. The Hall–Kier alpha value is -10.1. The van der Waals surface area contributed by atoms with Gasteiger partial charge in [0.15, 0.2) is 0 Å². The number of nitriles is 1. The Labute approximate surface area is 534 Å². The molecule has 3 nitrogen and oxygen atoms in total. The molecule has 0 bridgehead atoms. The van der Waals surface area contributed by atoms with Crippen molar-refractivity contribution >= 4 is 42.8 Å². The quantitative estimate of drug-likeness (QED) is 0.122. The number of hydrogen-bond acceptors (Lipinski definition) is 4. The Balaban J connectivity index is 0.692. The van der Waals surface area contributed by atoms with E-state index < -0.39 is 25.5 Å². The molecule has 90 heavy (non-hydrogen) atoms.